The Morgan fingerprint density at radius 3 is 2.50 bits per heavy atom. The van der Waals surface area contributed by atoms with Crippen molar-refractivity contribution in [3.63, 3.8) is 0 Å². The van der Waals surface area contributed by atoms with Crippen LogP contribution in [0.2, 0.25) is 0 Å². The number of anilines is 2. The van der Waals surface area contributed by atoms with Crippen molar-refractivity contribution in [3.05, 3.63) is 53.6 Å². The average molecular weight is 438 g/mol. The van der Waals surface area contributed by atoms with E-state index in [1.54, 1.807) is 60.8 Å². The summed E-state index contributed by atoms with van der Waals surface area (Å²) < 4.78 is 5.06. The van der Waals surface area contributed by atoms with Gasteiger partial charge < -0.3 is 30.3 Å². The molecule has 32 heavy (non-hydrogen) atoms. The third-order valence-corrected chi connectivity index (χ3v) is 5.56. The lowest BCUT2D eigenvalue weighted by atomic mass is 10.1. The molecule has 0 saturated carbocycles. The second-order valence-corrected chi connectivity index (χ2v) is 7.78. The summed E-state index contributed by atoms with van der Waals surface area (Å²) in [6.07, 6.45) is 2.80. The van der Waals surface area contributed by atoms with E-state index in [4.69, 9.17) is 4.74 Å². The van der Waals surface area contributed by atoms with Gasteiger partial charge in [-0.1, -0.05) is 0 Å². The smallest absolute Gasteiger partial charge is 0.323 e. The third kappa shape index (κ3) is 4.90. The number of carbonyl (C=O) groups excluding carboxylic acids is 2. The van der Waals surface area contributed by atoms with E-state index in [2.05, 4.69) is 15.6 Å². The Morgan fingerprint density at radius 2 is 1.78 bits per heavy atom. The number of nitrogens with zero attached hydrogens (tertiary/aromatic N) is 3. The standard InChI is InChI=1S/C23H27N5O4/c1-32-13-12-28-15-24-20-9-8-18(14-19(20)22(28)30)26-23(31)25-17-6-4-16(5-7-17)21(29)27-10-2-3-11-27/h4-9,14-15,22,30H,2-3,10-13H2,1H3,(H2,25,26,31). The van der Waals surface area contributed by atoms with Crippen molar-refractivity contribution in [1.29, 1.82) is 0 Å². The molecule has 9 heteroatoms. The van der Waals surface area contributed by atoms with Crippen LogP contribution in [0, 0.1) is 0 Å². The number of aliphatic imine (C=N–C) groups is 1. The second-order valence-electron chi connectivity index (χ2n) is 7.78. The molecule has 1 atom stereocenters. The first-order valence-corrected chi connectivity index (χ1v) is 10.6. The molecule has 9 nitrogen and oxygen atoms in total. The number of hydrogen-bond donors (Lipinski definition) is 3. The number of urea groups is 1. The fraction of sp³-hybridized carbons (Fsp3) is 0.348. The zero-order chi connectivity index (χ0) is 22.5. The number of nitrogens with one attached hydrogen (secondary N) is 2. The highest BCUT2D eigenvalue weighted by Crippen LogP contribution is 2.33. The normalized spacial score (nSPS) is 17.2. The highest BCUT2D eigenvalue weighted by molar-refractivity contribution is 6.00. The van der Waals surface area contributed by atoms with Crippen LogP contribution in [0.25, 0.3) is 0 Å². The number of hydrogen-bond acceptors (Lipinski definition) is 6. The fourth-order valence-electron chi connectivity index (χ4n) is 3.80. The summed E-state index contributed by atoms with van der Waals surface area (Å²) in [5, 5.41) is 16.1. The predicted molar refractivity (Wildman–Crippen MR) is 122 cm³/mol. The Hall–Kier alpha value is -3.43. The predicted octanol–water partition coefficient (Wildman–Crippen LogP) is 3.18. The van der Waals surface area contributed by atoms with E-state index in [-0.39, 0.29) is 5.91 Å². The molecule has 0 aromatic heterocycles. The van der Waals surface area contributed by atoms with Crippen molar-refractivity contribution >= 4 is 35.3 Å². The maximum Gasteiger partial charge on any atom is 0.323 e. The molecule has 2 aromatic carbocycles. The van der Waals surface area contributed by atoms with Gasteiger partial charge in [0.2, 0.25) is 0 Å². The van der Waals surface area contributed by atoms with Crippen LogP contribution in [0.5, 0.6) is 0 Å². The lowest BCUT2D eigenvalue weighted by Crippen LogP contribution is -2.32. The highest BCUT2D eigenvalue weighted by atomic mass is 16.5. The van der Waals surface area contributed by atoms with E-state index >= 15 is 0 Å². The summed E-state index contributed by atoms with van der Waals surface area (Å²) >= 11 is 0. The van der Waals surface area contributed by atoms with Gasteiger partial charge in [-0.25, -0.2) is 9.79 Å². The SMILES string of the molecule is COCCN1C=Nc2ccc(NC(=O)Nc3ccc(C(=O)N4CCCC4)cc3)cc2C1O. The fourth-order valence-corrected chi connectivity index (χ4v) is 3.80. The summed E-state index contributed by atoms with van der Waals surface area (Å²) in [4.78, 5) is 32.7. The maximum absolute atomic E-state index is 12.4. The molecule has 3 N–H and O–H groups in total. The molecule has 0 spiro atoms. The van der Waals surface area contributed by atoms with Crippen LogP contribution < -0.4 is 10.6 Å². The van der Waals surface area contributed by atoms with Gasteiger partial charge in [-0.05, 0) is 55.3 Å². The Labute approximate surface area is 186 Å². The molecule has 2 aliphatic heterocycles. The van der Waals surface area contributed by atoms with Gasteiger partial charge in [0.15, 0.2) is 6.23 Å². The van der Waals surface area contributed by atoms with E-state index in [1.165, 1.54) is 0 Å². The number of methoxy groups -OCH3 is 1. The number of benzene rings is 2. The van der Waals surface area contributed by atoms with Crippen molar-refractivity contribution in [2.45, 2.75) is 19.1 Å². The molecule has 2 aliphatic rings. The highest BCUT2D eigenvalue weighted by Gasteiger charge is 2.23. The topological polar surface area (TPSA) is 106 Å². The molecule has 0 bridgehead atoms. The first-order valence-electron chi connectivity index (χ1n) is 10.6. The molecular weight excluding hydrogens is 410 g/mol. The summed E-state index contributed by atoms with van der Waals surface area (Å²) in [6.45, 7) is 2.55. The van der Waals surface area contributed by atoms with Gasteiger partial charge in [0.05, 0.1) is 18.6 Å². The van der Waals surface area contributed by atoms with Crippen LogP contribution in [-0.4, -0.2) is 66.5 Å². The first kappa shape index (κ1) is 21.8. The second kappa shape index (κ2) is 9.80. The van der Waals surface area contributed by atoms with Crippen molar-refractivity contribution in [2.75, 3.05) is 44.0 Å². The summed E-state index contributed by atoms with van der Waals surface area (Å²) in [5.74, 6) is 0.0216. The van der Waals surface area contributed by atoms with Crippen molar-refractivity contribution < 1.29 is 19.4 Å². The van der Waals surface area contributed by atoms with E-state index in [1.807, 2.05) is 4.90 Å². The maximum atomic E-state index is 12.4. The Morgan fingerprint density at radius 1 is 1.09 bits per heavy atom. The molecule has 1 saturated heterocycles. The number of aliphatic hydroxyl groups is 1. The number of likely N-dealkylation sites (tertiary alicyclic amines) is 1. The monoisotopic (exact) mass is 437 g/mol. The summed E-state index contributed by atoms with van der Waals surface area (Å²) in [7, 11) is 1.60. The van der Waals surface area contributed by atoms with Gasteiger partial charge in [-0.15, -0.1) is 0 Å². The minimum absolute atomic E-state index is 0.0216. The van der Waals surface area contributed by atoms with Gasteiger partial charge in [0.25, 0.3) is 5.91 Å². The van der Waals surface area contributed by atoms with E-state index < -0.39 is 12.3 Å². The number of amides is 3. The minimum atomic E-state index is -0.872. The third-order valence-electron chi connectivity index (χ3n) is 5.56. The van der Waals surface area contributed by atoms with Gasteiger partial charge in [-0.3, -0.25) is 4.79 Å². The Balaban J connectivity index is 1.37. The molecule has 1 unspecified atom stereocenters. The number of ether oxygens (including phenoxy) is 1. The average Bonchev–Trinajstić information content (AvgIpc) is 3.34. The molecule has 2 heterocycles. The number of rotatable bonds is 6. The first-order chi connectivity index (χ1) is 15.5. The van der Waals surface area contributed by atoms with Crippen LogP contribution in [0.3, 0.4) is 0 Å². The van der Waals surface area contributed by atoms with Gasteiger partial charge in [-0.2, -0.15) is 0 Å². The van der Waals surface area contributed by atoms with Crippen LogP contribution in [0.15, 0.2) is 47.5 Å². The lowest BCUT2D eigenvalue weighted by molar-refractivity contribution is 0.0382. The molecule has 1 fully saturated rings. The van der Waals surface area contributed by atoms with E-state index in [0.29, 0.717) is 41.3 Å². The lowest BCUT2D eigenvalue weighted by Gasteiger charge is -2.30. The van der Waals surface area contributed by atoms with Crippen molar-refractivity contribution in [1.82, 2.24) is 9.80 Å². The van der Waals surface area contributed by atoms with E-state index in [0.717, 1.165) is 25.9 Å². The van der Waals surface area contributed by atoms with Crippen LogP contribution in [0.1, 0.15) is 35.0 Å². The molecule has 2 aromatic rings. The van der Waals surface area contributed by atoms with Crippen molar-refractivity contribution in [2.24, 2.45) is 4.99 Å². The number of fused-ring (bicyclic) bond motifs is 1. The molecule has 3 amide bonds. The van der Waals surface area contributed by atoms with Gasteiger partial charge >= 0.3 is 6.03 Å². The molecule has 4 rings (SSSR count). The number of aliphatic hydroxyl groups excluding tert-OH is 1. The molecule has 0 radical (unpaired) electrons. The molecule has 168 valence electrons. The van der Waals surface area contributed by atoms with E-state index in [9.17, 15) is 14.7 Å². The van der Waals surface area contributed by atoms with Gasteiger partial charge in [0.1, 0.15) is 0 Å². The van der Waals surface area contributed by atoms with Crippen LogP contribution in [-0.2, 0) is 4.74 Å². The van der Waals surface area contributed by atoms with Crippen molar-refractivity contribution in [3.8, 4) is 0 Å². The quantitative estimate of drug-likeness (QED) is 0.644. The summed E-state index contributed by atoms with van der Waals surface area (Å²) in [5.41, 5.74) is 2.97. The Kier molecular flexibility index (Phi) is 6.67. The zero-order valence-corrected chi connectivity index (χ0v) is 18.0. The number of carbonyl (C=O) groups is 2. The minimum Gasteiger partial charge on any atom is -0.383 e. The molecule has 0 aliphatic carbocycles. The summed E-state index contributed by atoms with van der Waals surface area (Å²) in [6, 6.07) is 11.6. The largest absolute Gasteiger partial charge is 0.383 e. The Bertz CT molecular complexity index is 1000. The van der Waals surface area contributed by atoms with Crippen LogP contribution in [0.4, 0.5) is 21.9 Å². The zero-order valence-electron chi connectivity index (χ0n) is 18.0. The molecular formula is C23H27N5O4. The van der Waals surface area contributed by atoms with Crippen LogP contribution >= 0.6 is 0 Å². The van der Waals surface area contributed by atoms with Gasteiger partial charge in [0, 0.05) is 49.2 Å².